The van der Waals surface area contributed by atoms with E-state index in [1.165, 1.54) is 4.90 Å². The van der Waals surface area contributed by atoms with E-state index in [4.69, 9.17) is 9.84 Å². The fraction of sp³-hybridized carbons (Fsp3) is 0.714. The first-order valence-electron chi connectivity index (χ1n) is 7.16. The summed E-state index contributed by atoms with van der Waals surface area (Å²) in [5.41, 5.74) is 0.942. The zero-order chi connectivity index (χ0) is 15.3. The highest BCUT2D eigenvalue weighted by Crippen LogP contribution is 2.54. The summed E-state index contributed by atoms with van der Waals surface area (Å²) in [5, 5.41) is 19.0. The molecule has 1 aliphatic carbocycles. The number of ether oxygens (including phenoxy) is 1. The van der Waals surface area contributed by atoms with Crippen LogP contribution in [0, 0.1) is 11.8 Å². The summed E-state index contributed by atoms with van der Waals surface area (Å²) < 4.78 is 4.95. The second-order valence-corrected chi connectivity index (χ2v) is 6.90. The van der Waals surface area contributed by atoms with Crippen molar-refractivity contribution in [2.75, 3.05) is 6.26 Å². The average Bonchev–Trinajstić information content (AvgIpc) is 2.67. The predicted octanol–water partition coefficient (Wildman–Crippen LogP) is 1.65. The molecule has 3 rings (SSSR count). The van der Waals surface area contributed by atoms with Crippen LogP contribution in [-0.4, -0.2) is 50.8 Å². The smallest absolute Gasteiger partial charge is 0.449 e. The van der Waals surface area contributed by atoms with Crippen LogP contribution in [0.4, 0.5) is 4.79 Å². The molecule has 2 heterocycles. The Kier molecular flexibility index (Phi) is 3.65. The number of thioether (sulfide) groups is 1. The predicted molar refractivity (Wildman–Crippen MR) is 76.6 cm³/mol. The maximum Gasteiger partial charge on any atom is 0.512 e. The molecule has 0 radical (unpaired) electrons. The Morgan fingerprint density at radius 3 is 2.76 bits per heavy atom. The van der Waals surface area contributed by atoms with E-state index in [1.807, 2.05) is 6.26 Å². The lowest BCUT2D eigenvalue weighted by Gasteiger charge is -2.47. The minimum Gasteiger partial charge on any atom is -0.449 e. The number of aliphatic hydroxyl groups excluding tert-OH is 1. The van der Waals surface area contributed by atoms with Gasteiger partial charge in [0.2, 0.25) is 11.8 Å². The molecule has 2 aliphatic heterocycles. The number of hydrogen-bond acceptors (Lipinski definition) is 5. The average molecular weight is 313 g/mol. The Bertz CT molecular complexity index is 517. The van der Waals surface area contributed by atoms with Gasteiger partial charge in [-0.15, -0.1) is 0 Å². The Balaban J connectivity index is 2.00. The second kappa shape index (κ2) is 5.21. The summed E-state index contributed by atoms with van der Waals surface area (Å²) in [6, 6.07) is -0.142. The lowest BCUT2D eigenvalue weighted by atomic mass is 9.72. The lowest BCUT2D eigenvalue weighted by Crippen LogP contribution is -2.63. The fourth-order valence-electron chi connectivity index (χ4n) is 3.99. The van der Waals surface area contributed by atoms with Gasteiger partial charge in [0.25, 0.3) is 0 Å². The molecule has 1 saturated heterocycles. The number of carboxylic acid groups (broad SMARTS) is 1. The van der Waals surface area contributed by atoms with Gasteiger partial charge in [-0.05, 0) is 26.0 Å². The zero-order valence-corrected chi connectivity index (χ0v) is 12.8. The van der Waals surface area contributed by atoms with E-state index >= 15 is 0 Å². The molecule has 0 aromatic rings. The number of rotatable bonds is 3. The maximum absolute atomic E-state index is 12.3. The van der Waals surface area contributed by atoms with Crippen LogP contribution in [0.3, 0.4) is 0 Å². The molecule has 0 aromatic heterocycles. The minimum absolute atomic E-state index is 0.114. The molecule has 7 heteroatoms. The van der Waals surface area contributed by atoms with Gasteiger partial charge in [0, 0.05) is 16.7 Å². The highest BCUT2D eigenvalue weighted by molar-refractivity contribution is 7.99. The first-order valence-corrected chi connectivity index (χ1v) is 8.45. The van der Waals surface area contributed by atoms with Gasteiger partial charge in [-0.3, -0.25) is 9.69 Å². The third kappa shape index (κ3) is 2.05. The van der Waals surface area contributed by atoms with Gasteiger partial charge in [-0.2, -0.15) is 11.8 Å². The molecule has 21 heavy (non-hydrogen) atoms. The highest BCUT2D eigenvalue weighted by Gasteiger charge is 2.62. The molecule has 1 amide bonds. The lowest BCUT2D eigenvalue weighted by molar-refractivity contribution is -0.163. The van der Waals surface area contributed by atoms with Crippen LogP contribution in [0.1, 0.15) is 26.2 Å². The maximum atomic E-state index is 12.3. The van der Waals surface area contributed by atoms with Crippen LogP contribution in [0.15, 0.2) is 11.5 Å². The molecule has 0 aromatic carbocycles. The van der Waals surface area contributed by atoms with Crippen molar-refractivity contribution in [3.8, 4) is 0 Å². The van der Waals surface area contributed by atoms with Gasteiger partial charge in [0.1, 0.15) is 0 Å². The van der Waals surface area contributed by atoms with Crippen molar-refractivity contribution in [1.82, 2.24) is 4.90 Å². The molecule has 116 valence electrons. The van der Waals surface area contributed by atoms with E-state index in [-0.39, 0.29) is 29.0 Å². The van der Waals surface area contributed by atoms with E-state index < -0.39 is 18.2 Å². The van der Waals surface area contributed by atoms with Crippen LogP contribution >= 0.6 is 11.8 Å². The van der Waals surface area contributed by atoms with Gasteiger partial charge in [0.15, 0.2) is 0 Å². The molecule has 1 saturated carbocycles. The number of nitrogens with zero attached hydrogens (tertiary/aromatic N) is 1. The van der Waals surface area contributed by atoms with Crippen LogP contribution in [0.5, 0.6) is 0 Å². The van der Waals surface area contributed by atoms with Crippen molar-refractivity contribution in [2.24, 2.45) is 11.8 Å². The fourth-order valence-corrected chi connectivity index (χ4v) is 4.92. The molecule has 0 bridgehead atoms. The van der Waals surface area contributed by atoms with E-state index in [2.05, 4.69) is 0 Å². The van der Waals surface area contributed by atoms with E-state index in [0.29, 0.717) is 0 Å². The number of amides is 1. The second-order valence-electron chi connectivity index (χ2n) is 5.86. The van der Waals surface area contributed by atoms with Gasteiger partial charge in [-0.1, -0.05) is 6.42 Å². The molecule has 3 aliphatic rings. The summed E-state index contributed by atoms with van der Waals surface area (Å²) in [5.74, 6) is -0.352. The number of hydrogen-bond donors (Lipinski definition) is 2. The van der Waals surface area contributed by atoms with Gasteiger partial charge in [0.05, 0.1) is 18.1 Å². The summed E-state index contributed by atoms with van der Waals surface area (Å²) in [6.07, 6.45) is 2.80. The third-order valence-corrected chi connectivity index (χ3v) is 5.84. The van der Waals surface area contributed by atoms with Crippen LogP contribution in [0.2, 0.25) is 0 Å². The zero-order valence-electron chi connectivity index (χ0n) is 12.0. The van der Waals surface area contributed by atoms with E-state index in [1.54, 1.807) is 18.7 Å². The number of carbonyl (C=O) groups is 2. The summed E-state index contributed by atoms with van der Waals surface area (Å²) >= 11 is 1.66. The van der Waals surface area contributed by atoms with Crippen molar-refractivity contribution in [3.63, 3.8) is 0 Å². The van der Waals surface area contributed by atoms with Gasteiger partial charge in [-0.25, -0.2) is 4.79 Å². The van der Waals surface area contributed by atoms with E-state index in [0.717, 1.165) is 24.8 Å². The van der Waals surface area contributed by atoms with Crippen molar-refractivity contribution in [3.05, 3.63) is 11.5 Å². The number of fused-ring (bicyclic) bond motifs is 3. The summed E-state index contributed by atoms with van der Waals surface area (Å²) in [6.45, 7) is 1.62. The minimum atomic E-state index is -1.39. The molecule has 1 unspecified atom stereocenters. The number of aliphatic hydroxyl groups is 1. The number of β-lactam (4-membered cyclic amide) rings is 1. The van der Waals surface area contributed by atoms with Crippen LogP contribution in [-0.2, 0) is 9.53 Å². The first-order chi connectivity index (χ1) is 9.97. The normalized spacial score (nSPS) is 36.0. The van der Waals surface area contributed by atoms with Crippen molar-refractivity contribution in [2.45, 2.75) is 43.6 Å². The highest BCUT2D eigenvalue weighted by atomic mass is 32.2. The molecule has 2 N–H and O–H groups in total. The van der Waals surface area contributed by atoms with E-state index in [9.17, 15) is 14.7 Å². The topological polar surface area (TPSA) is 87.1 Å². The molecule has 0 spiro atoms. The first kappa shape index (κ1) is 14.7. The Morgan fingerprint density at radius 2 is 2.19 bits per heavy atom. The Labute approximate surface area is 127 Å². The van der Waals surface area contributed by atoms with Crippen molar-refractivity contribution < 1.29 is 24.5 Å². The number of carbonyl (C=O) groups excluding carboxylic acids is 1. The van der Waals surface area contributed by atoms with Crippen LogP contribution in [0.25, 0.3) is 0 Å². The Hall–Kier alpha value is -1.21. The summed E-state index contributed by atoms with van der Waals surface area (Å²) in [4.78, 5) is 24.7. The van der Waals surface area contributed by atoms with Crippen molar-refractivity contribution >= 4 is 23.8 Å². The van der Waals surface area contributed by atoms with Gasteiger partial charge >= 0.3 is 6.16 Å². The Morgan fingerprint density at radius 1 is 1.48 bits per heavy atom. The van der Waals surface area contributed by atoms with Gasteiger partial charge < -0.3 is 14.9 Å². The molecule has 6 nitrogen and oxygen atoms in total. The third-order valence-electron chi connectivity index (χ3n) is 4.78. The quantitative estimate of drug-likeness (QED) is 0.608. The molecular formula is C14H19NO5S. The van der Waals surface area contributed by atoms with Crippen LogP contribution < -0.4 is 0 Å². The van der Waals surface area contributed by atoms with Crippen molar-refractivity contribution in [1.29, 1.82) is 0 Å². The monoisotopic (exact) mass is 313 g/mol. The molecular weight excluding hydrogens is 294 g/mol. The largest absolute Gasteiger partial charge is 0.512 e. The standard InChI is InChI=1S/C14H19NO5S/c1-6(16)9-11-7-4-3-5-8(21-2)10(7)13(20-14(18)19)15(11)12(9)17/h6-9,11,16H,3-5H2,1-2H3,(H,18,19)/t6?,7-,8-,9+,11+/m0/s1. The molecule has 5 atom stereocenters. The SMILES string of the molecule is CS[C@H]1CCC[C@H]2C1=C(OC(=O)O)N1C(=O)[C@H](C(C)O)[C@@H]21. The molecule has 2 fully saturated rings. The summed E-state index contributed by atoms with van der Waals surface area (Å²) in [7, 11) is 0.